The van der Waals surface area contributed by atoms with Crippen LogP contribution in [0.2, 0.25) is 0 Å². The van der Waals surface area contributed by atoms with Gasteiger partial charge in [-0.15, -0.1) is 0 Å². The van der Waals surface area contributed by atoms with E-state index < -0.39 is 0 Å². The van der Waals surface area contributed by atoms with Gasteiger partial charge in [-0.3, -0.25) is 4.98 Å². The van der Waals surface area contributed by atoms with Gasteiger partial charge in [-0.25, -0.2) is 4.79 Å². The third-order valence-corrected chi connectivity index (χ3v) is 2.56. The summed E-state index contributed by atoms with van der Waals surface area (Å²) in [7, 11) is 0. The first-order valence-electron chi connectivity index (χ1n) is 5.72. The Morgan fingerprint density at radius 3 is 3.06 bits per heavy atom. The van der Waals surface area contributed by atoms with Crippen LogP contribution in [0.3, 0.4) is 0 Å². The fraction of sp³-hybridized carbons (Fsp3) is 0.231. The molecule has 0 radical (unpaired) electrons. The number of esters is 1. The molecule has 0 atom stereocenters. The standard InChI is InChI=1S/C13H15N3O2/c1-2-16-8-11(14)6-12(16)13(17)18-9-10-4-3-5-15-7-10/h3-8H,2,9,14H2,1H3. The molecule has 0 aliphatic carbocycles. The van der Waals surface area contributed by atoms with Gasteiger partial charge in [0.15, 0.2) is 0 Å². The Labute approximate surface area is 105 Å². The van der Waals surface area contributed by atoms with Crippen LogP contribution in [0, 0.1) is 0 Å². The summed E-state index contributed by atoms with van der Waals surface area (Å²) in [5.41, 5.74) is 7.55. The molecule has 18 heavy (non-hydrogen) atoms. The van der Waals surface area contributed by atoms with Crippen LogP contribution in [0.1, 0.15) is 23.0 Å². The van der Waals surface area contributed by atoms with E-state index in [1.54, 1.807) is 35.3 Å². The van der Waals surface area contributed by atoms with Crippen LogP contribution < -0.4 is 5.73 Å². The van der Waals surface area contributed by atoms with Crippen molar-refractivity contribution in [3.05, 3.63) is 48.0 Å². The van der Waals surface area contributed by atoms with Crippen molar-refractivity contribution in [2.45, 2.75) is 20.1 Å². The van der Waals surface area contributed by atoms with Crippen LogP contribution in [-0.2, 0) is 17.9 Å². The van der Waals surface area contributed by atoms with Crippen molar-refractivity contribution in [3.63, 3.8) is 0 Å². The first-order chi connectivity index (χ1) is 8.70. The molecule has 2 rings (SSSR count). The molecule has 0 aliphatic heterocycles. The van der Waals surface area contributed by atoms with Gasteiger partial charge >= 0.3 is 5.97 Å². The van der Waals surface area contributed by atoms with E-state index in [9.17, 15) is 4.79 Å². The Kier molecular flexibility index (Phi) is 3.62. The second kappa shape index (κ2) is 5.35. The third-order valence-electron chi connectivity index (χ3n) is 2.56. The minimum absolute atomic E-state index is 0.210. The number of anilines is 1. The molecule has 0 unspecified atom stereocenters. The van der Waals surface area contributed by atoms with Gasteiger partial charge in [-0.05, 0) is 19.1 Å². The van der Waals surface area contributed by atoms with Crippen LogP contribution >= 0.6 is 0 Å². The molecule has 0 aromatic carbocycles. The molecule has 0 saturated heterocycles. The van der Waals surface area contributed by atoms with Gasteiger partial charge < -0.3 is 15.0 Å². The monoisotopic (exact) mass is 245 g/mol. The number of carbonyl (C=O) groups is 1. The van der Waals surface area contributed by atoms with Crippen molar-refractivity contribution in [3.8, 4) is 0 Å². The summed E-state index contributed by atoms with van der Waals surface area (Å²) in [4.78, 5) is 15.8. The molecule has 5 nitrogen and oxygen atoms in total. The zero-order valence-electron chi connectivity index (χ0n) is 10.2. The smallest absolute Gasteiger partial charge is 0.355 e. The van der Waals surface area contributed by atoms with Gasteiger partial charge in [0.1, 0.15) is 12.3 Å². The number of nitrogen functional groups attached to an aromatic ring is 1. The Morgan fingerprint density at radius 2 is 2.39 bits per heavy atom. The fourth-order valence-electron chi connectivity index (χ4n) is 1.67. The first-order valence-corrected chi connectivity index (χ1v) is 5.72. The predicted octanol–water partition coefficient (Wildman–Crippen LogP) is 1.84. The molecule has 0 bridgehead atoms. The highest BCUT2D eigenvalue weighted by atomic mass is 16.5. The largest absolute Gasteiger partial charge is 0.456 e. The number of aryl methyl sites for hydroxylation is 1. The molecule has 2 aromatic rings. The Morgan fingerprint density at radius 1 is 1.56 bits per heavy atom. The van der Waals surface area contributed by atoms with Crippen molar-refractivity contribution in [1.82, 2.24) is 9.55 Å². The predicted molar refractivity (Wildman–Crippen MR) is 67.9 cm³/mol. The van der Waals surface area contributed by atoms with E-state index >= 15 is 0 Å². The summed E-state index contributed by atoms with van der Waals surface area (Å²) in [6, 6.07) is 5.28. The fourth-order valence-corrected chi connectivity index (χ4v) is 1.67. The van der Waals surface area contributed by atoms with Crippen LogP contribution in [-0.4, -0.2) is 15.5 Å². The van der Waals surface area contributed by atoms with Crippen LogP contribution in [0.4, 0.5) is 5.69 Å². The maximum atomic E-state index is 11.9. The highest BCUT2D eigenvalue weighted by Crippen LogP contribution is 2.12. The zero-order chi connectivity index (χ0) is 13.0. The SMILES string of the molecule is CCn1cc(N)cc1C(=O)OCc1cccnc1. The van der Waals surface area contributed by atoms with E-state index in [2.05, 4.69) is 4.98 Å². The van der Waals surface area contributed by atoms with E-state index in [1.807, 2.05) is 13.0 Å². The molecule has 0 spiro atoms. The number of nitrogens with two attached hydrogens (primary N) is 1. The van der Waals surface area contributed by atoms with E-state index in [0.717, 1.165) is 5.56 Å². The van der Waals surface area contributed by atoms with Crippen molar-refractivity contribution in [2.75, 3.05) is 5.73 Å². The van der Waals surface area contributed by atoms with Crippen molar-refractivity contribution >= 4 is 11.7 Å². The summed E-state index contributed by atoms with van der Waals surface area (Å²) < 4.78 is 6.98. The van der Waals surface area contributed by atoms with E-state index in [0.29, 0.717) is 17.9 Å². The Balaban J connectivity index is 2.04. The van der Waals surface area contributed by atoms with Crippen LogP contribution in [0.5, 0.6) is 0 Å². The molecule has 2 aromatic heterocycles. The van der Waals surface area contributed by atoms with Crippen molar-refractivity contribution in [2.24, 2.45) is 0 Å². The highest BCUT2D eigenvalue weighted by Gasteiger charge is 2.13. The third kappa shape index (κ3) is 2.68. The zero-order valence-corrected chi connectivity index (χ0v) is 10.2. The summed E-state index contributed by atoms with van der Waals surface area (Å²) >= 11 is 0. The molecule has 94 valence electrons. The first kappa shape index (κ1) is 12.2. The number of hydrogen-bond acceptors (Lipinski definition) is 4. The average Bonchev–Trinajstić information content (AvgIpc) is 2.78. The van der Waals surface area contributed by atoms with Gasteiger partial charge in [0.25, 0.3) is 0 Å². The Bertz CT molecular complexity index is 534. The number of rotatable bonds is 4. The minimum Gasteiger partial charge on any atom is -0.456 e. The summed E-state index contributed by atoms with van der Waals surface area (Å²) in [6.45, 7) is 2.83. The van der Waals surface area contributed by atoms with Crippen LogP contribution in [0.25, 0.3) is 0 Å². The highest BCUT2D eigenvalue weighted by molar-refractivity contribution is 5.89. The molecule has 0 aliphatic rings. The molecule has 2 N–H and O–H groups in total. The molecule has 0 amide bonds. The number of carbonyl (C=O) groups excluding carboxylic acids is 1. The molecule has 5 heteroatoms. The van der Waals surface area contributed by atoms with Crippen LogP contribution in [0.15, 0.2) is 36.8 Å². The molecule has 2 heterocycles. The lowest BCUT2D eigenvalue weighted by molar-refractivity contribution is 0.0460. The van der Waals surface area contributed by atoms with Crippen molar-refractivity contribution < 1.29 is 9.53 Å². The molecular weight excluding hydrogens is 230 g/mol. The summed E-state index contributed by atoms with van der Waals surface area (Å²) in [5.74, 6) is -0.377. The van der Waals surface area contributed by atoms with Gasteiger partial charge in [0, 0.05) is 30.7 Å². The Hall–Kier alpha value is -2.30. The maximum Gasteiger partial charge on any atom is 0.355 e. The van der Waals surface area contributed by atoms with Gasteiger partial charge in [-0.2, -0.15) is 0 Å². The minimum atomic E-state index is -0.377. The molecule has 0 saturated carbocycles. The average molecular weight is 245 g/mol. The van der Waals surface area contributed by atoms with E-state index in [-0.39, 0.29) is 12.6 Å². The topological polar surface area (TPSA) is 70.1 Å². The van der Waals surface area contributed by atoms with E-state index in [4.69, 9.17) is 10.5 Å². The van der Waals surface area contributed by atoms with Gasteiger partial charge in [-0.1, -0.05) is 6.07 Å². The van der Waals surface area contributed by atoms with Crippen molar-refractivity contribution in [1.29, 1.82) is 0 Å². The lowest BCUT2D eigenvalue weighted by atomic mass is 10.3. The molecule has 0 fully saturated rings. The lowest BCUT2D eigenvalue weighted by Crippen LogP contribution is -2.11. The number of nitrogens with zero attached hydrogens (tertiary/aromatic N) is 2. The summed E-state index contributed by atoms with van der Waals surface area (Å²) in [6.07, 6.45) is 5.06. The van der Waals surface area contributed by atoms with E-state index in [1.165, 1.54) is 0 Å². The number of pyridine rings is 1. The second-order valence-corrected chi connectivity index (χ2v) is 3.88. The summed E-state index contributed by atoms with van der Waals surface area (Å²) in [5, 5.41) is 0. The lowest BCUT2D eigenvalue weighted by Gasteiger charge is -2.06. The van der Waals surface area contributed by atoms with Gasteiger partial charge in [0.2, 0.25) is 0 Å². The normalized spacial score (nSPS) is 10.3. The number of aromatic nitrogens is 2. The maximum absolute atomic E-state index is 11.9. The number of hydrogen-bond donors (Lipinski definition) is 1. The van der Waals surface area contributed by atoms with Gasteiger partial charge in [0.05, 0.1) is 5.69 Å². The molecular formula is C13H15N3O2. The second-order valence-electron chi connectivity index (χ2n) is 3.88. The quantitative estimate of drug-likeness (QED) is 0.834. The number of ether oxygens (including phenoxy) is 1.